The van der Waals surface area contributed by atoms with Crippen molar-refractivity contribution < 1.29 is 4.74 Å². The van der Waals surface area contributed by atoms with Crippen LogP contribution in [0.25, 0.3) is 0 Å². The van der Waals surface area contributed by atoms with Crippen LogP contribution in [0.15, 0.2) is 0 Å². The van der Waals surface area contributed by atoms with Crippen LogP contribution in [0.1, 0.15) is 29.4 Å². The summed E-state index contributed by atoms with van der Waals surface area (Å²) in [5.41, 5.74) is 1.15. The minimum absolute atomic E-state index is 0.319. The fraction of sp³-hybridized carbons (Fsp3) is 0.727. The molecule has 4 heteroatoms. The second-order valence-corrected chi connectivity index (χ2v) is 5.13. The van der Waals surface area contributed by atoms with Gasteiger partial charge in [-0.15, -0.1) is 11.3 Å². The standard InChI is InChI=1S/C11H20N2OS/c1-8(2)14-6-5-12-7-11-9(3)13-10(4)15-11/h8,12H,5-7H2,1-4H3. The lowest BCUT2D eigenvalue weighted by Gasteiger charge is -2.07. The van der Waals surface area contributed by atoms with Crippen LogP contribution >= 0.6 is 11.3 Å². The summed E-state index contributed by atoms with van der Waals surface area (Å²) in [7, 11) is 0. The lowest BCUT2D eigenvalue weighted by Crippen LogP contribution is -2.20. The van der Waals surface area contributed by atoms with Gasteiger partial charge in [0.1, 0.15) is 0 Å². The van der Waals surface area contributed by atoms with Gasteiger partial charge in [0, 0.05) is 18.0 Å². The topological polar surface area (TPSA) is 34.2 Å². The largest absolute Gasteiger partial charge is 0.377 e. The van der Waals surface area contributed by atoms with E-state index in [1.807, 2.05) is 6.92 Å². The van der Waals surface area contributed by atoms with E-state index in [0.29, 0.717) is 6.10 Å². The van der Waals surface area contributed by atoms with E-state index in [9.17, 15) is 0 Å². The minimum atomic E-state index is 0.319. The Morgan fingerprint density at radius 3 is 2.67 bits per heavy atom. The fourth-order valence-electron chi connectivity index (χ4n) is 1.31. The van der Waals surface area contributed by atoms with Gasteiger partial charge < -0.3 is 10.1 Å². The SMILES string of the molecule is Cc1nc(C)c(CNCCOC(C)C)s1. The third-order valence-electron chi connectivity index (χ3n) is 2.02. The molecule has 1 heterocycles. The first-order chi connectivity index (χ1) is 7.09. The molecule has 0 saturated carbocycles. The van der Waals surface area contributed by atoms with Crippen LogP contribution in [0, 0.1) is 13.8 Å². The Morgan fingerprint density at radius 1 is 1.40 bits per heavy atom. The van der Waals surface area contributed by atoms with Gasteiger partial charge >= 0.3 is 0 Å². The van der Waals surface area contributed by atoms with Crippen LogP contribution in [-0.4, -0.2) is 24.2 Å². The number of aryl methyl sites for hydroxylation is 2. The molecule has 0 spiro atoms. The van der Waals surface area contributed by atoms with Crippen molar-refractivity contribution in [1.29, 1.82) is 0 Å². The van der Waals surface area contributed by atoms with Crippen molar-refractivity contribution in [3.63, 3.8) is 0 Å². The van der Waals surface area contributed by atoms with E-state index in [-0.39, 0.29) is 0 Å². The Kier molecular flexibility index (Phi) is 5.22. The maximum atomic E-state index is 5.44. The van der Waals surface area contributed by atoms with Crippen molar-refractivity contribution in [2.45, 2.75) is 40.3 Å². The van der Waals surface area contributed by atoms with Crippen molar-refractivity contribution in [3.05, 3.63) is 15.6 Å². The predicted octanol–water partition coefficient (Wildman–Crippen LogP) is 2.27. The van der Waals surface area contributed by atoms with Gasteiger partial charge in [-0.05, 0) is 27.7 Å². The third kappa shape index (κ3) is 4.73. The van der Waals surface area contributed by atoms with Gasteiger partial charge in [-0.2, -0.15) is 0 Å². The Morgan fingerprint density at radius 2 is 2.13 bits per heavy atom. The highest BCUT2D eigenvalue weighted by Gasteiger charge is 2.03. The van der Waals surface area contributed by atoms with Crippen LogP contribution in [0.3, 0.4) is 0 Å². The molecule has 15 heavy (non-hydrogen) atoms. The van der Waals surface area contributed by atoms with E-state index in [1.54, 1.807) is 11.3 Å². The van der Waals surface area contributed by atoms with Crippen LogP contribution in [-0.2, 0) is 11.3 Å². The first-order valence-corrected chi connectivity index (χ1v) is 6.16. The highest BCUT2D eigenvalue weighted by atomic mass is 32.1. The average Bonchev–Trinajstić information content (AvgIpc) is 2.44. The minimum Gasteiger partial charge on any atom is -0.377 e. The van der Waals surface area contributed by atoms with Gasteiger partial charge in [-0.1, -0.05) is 0 Å². The molecule has 0 atom stereocenters. The summed E-state index contributed by atoms with van der Waals surface area (Å²) in [6, 6.07) is 0. The lowest BCUT2D eigenvalue weighted by atomic mass is 10.4. The molecule has 1 rings (SSSR count). The molecule has 0 fully saturated rings. The Bertz CT molecular complexity index is 297. The summed E-state index contributed by atoms with van der Waals surface area (Å²) >= 11 is 1.76. The van der Waals surface area contributed by atoms with Crippen molar-refractivity contribution in [3.8, 4) is 0 Å². The molecule has 0 bridgehead atoms. The monoisotopic (exact) mass is 228 g/mol. The number of hydrogen-bond donors (Lipinski definition) is 1. The lowest BCUT2D eigenvalue weighted by molar-refractivity contribution is 0.0807. The number of aromatic nitrogens is 1. The zero-order valence-corrected chi connectivity index (χ0v) is 10.8. The fourth-order valence-corrected chi connectivity index (χ4v) is 2.21. The van der Waals surface area contributed by atoms with Gasteiger partial charge in [-0.3, -0.25) is 0 Å². The first-order valence-electron chi connectivity index (χ1n) is 5.35. The number of ether oxygens (including phenoxy) is 1. The first kappa shape index (κ1) is 12.6. The quantitative estimate of drug-likeness (QED) is 0.758. The molecule has 0 saturated heterocycles. The van der Waals surface area contributed by atoms with Crippen LogP contribution in [0.5, 0.6) is 0 Å². The van der Waals surface area contributed by atoms with Crippen molar-refractivity contribution in [2.24, 2.45) is 0 Å². The second kappa shape index (κ2) is 6.20. The normalized spacial score (nSPS) is 11.3. The summed E-state index contributed by atoms with van der Waals surface area (Å²) in [5, 5.41) is 4.50. The molecule has 0 aliphatic rings. The van der Waals surface area contributed by atoms with E-state index < -0.39 is 0 Å². The van der Waals surface area contributed by atoms with Crippen LogP contribution < -0.4 is 5.32 Å². The summed E-state index contributed by atoms with van der Waals surface area (Å²) in [5.74, 6) is 0. The second-order valence-electron chi connectivity index (χ2n) is 3.84. The van der Waals surface area contributed by atoms with Crippen molar-refractivity contribution in [2.75, 3.05) is 13.2 Å². The van der Waals surface area contributed by atoms with Gasteiger partial charge in [0.05, 0.1) is 23.4 Å². The van der Waals surface area contributed by atoms with E-state index >= 15 is 0 Å². The molecule has 1 N–H and O–H groups in total. The highest BCUT2D eigenvalue weighted by molar-refractivity contribution is 7.11. The zero-order valence-electron chi connectivity index (χ0n) is 9.96. The summed E-state index contributed by atoms with van der Waals surface area (Å²) in [6.07, 6.45) is 0.319. The number of nitrogens with one attached hydrogen (secondary N) is 1. The molecule has 1 aromatic rings. The number of thiazole rings is 1. The smallest absolute Gasteiger partial charge is 0.0900 e. The molecule has 0 aliphatic heterocycles. The molecule has 0 unspecified atom stereocenters. The van der Waals surface area contributed by atoms with Crippen molar-refractivity contribution in [1.82, 2.24) is 10.3 Å². The van der Waals surface area contributed by atoms with Gasteiger partial charge in [0.2, 0.25) is 0 Å². The molecule has 86 valence electrons. The van der Waals surface area contributed by atoms with Gasteiger partial charge in [-0.25, -0.2) is 4.98 Å². The number of nitrogens with zero attached hydrogens (tertiary/aromatic N) is 1. The number of hydrogen-bond acceptors (Lipinski definition) is 4. The summed E-state index contributed by atoms with van der Waals surface area (Å²) in [4.78, 5) is 5.72. The van der Waals surface area contributed by atoms with E-state index in [2.05, 4.69) is 31.1 Å². The Balaban J connectivity index is 2.17. The third-order valence-corrected chi connectivity index (χ3v) is 3.09. The number of rotatable bonds is 6. The Hall–Kier alpha value is -0.450. The van der Waals surface area contributed by atoms with E-state index in [4.69, 9.17) is 4.74 Å². The molecule has 3 nitrogen and oxygen atoms in total. The molecule has 0 aromatic carbocycles. The Labute approximate surface area is 95.9 Å². The maximum absolute atomic E-state index is 5.44. The zero-order chi connectivity index (χ0) is 11.3. The predicted molar refractivity (Wildman–Crippen MR) is 64.4 cm³/mol. The summed E-state index contributed by atoms with van der Waals surface area (Å²) in [6.45, 7) is 10.8. The highest BCUT2D eigenvalue weighted by Crippen LogP contribution is 2.16. The maximum Gasteiger partial charge on any atom is 0.0900 e. The molecular formula is C11H20N2OS. The van der Waals surface area contributed by atoms with Crippen LogP contribution in [0.2, 0.25) is 0 Å². The summed E-state index contributed by atoms with van der Waals surface area (Å²) < 4.78 is 5.44. The van der Waals surface area contributed by atoms with Crippen molar-refractivity contribution >= 4 is 11.3 Å². The molecule has 1 aromatic heterocycles. The van der Waals surface area contributed by atoms with E-state index in [1.165, 1.54) is 4.88 Å². The molecular weight excluding hydrogens is 208 g/mol. The average molecular weight is 228 g/mol. The molecule has 0 radical (unpaired) electrons. The van der Waals surface area contributed by atoms with Gasteiger partial charge in [0.15, 0.2) is 0 Å². The molecule has 0 aliphatic carbocycles. The van der Waals surface area contributed by atoms with Crippen LogP contribution in [0.4, 0.5) is 0 Å². The van der Waals surface area contributed by atoms with Gasteiger partial charge in [0.25, 0.3) is 0 Å². The molecule has 0 amide bonds. The van der Waals surface area contributed by atoms with E-state index in [0.717, 1.165) is 30.4 Å².